The number of carbonyl (C=O) groups is 5. The summed E-state index contributed by atoms with van der Waals surface area (Å²) in [5.41, 5.74) is -6.79. The summed E-state index contributed by atoms with van der Waals surface area (Å²) in [6.07, 6.45) is -3.85. The Kier molecular flexibility index (Phi) is 6.28. The second-order valence-corrected chi connectivity index (χ2v) is 6.28. The molecule has 11 nitrogen and oxygen atoms in total. The highest BCUT2D eigenvalue weighted by Crippen LogP contribution is 2.46. The van der Waals surface area contributed by atoms with E-state index in [0.717, 1.165) is 27.7 Å². The number of hydrogen-bond donors (Lipinski definition) is 3. The van der Waals surface area contributed by atoms with E-state index in [2.05, 4.69) is 0 Å². The summed E-state index contributed by atoms with van der Waals surface area (Å²) in [5, 5.41) is 32.6. The van der Waals surface area contributed by atoms with Crippen LogP contribution in [0.3, 0.4) is 0 Å². The van der Waals surface area contributed by atoms with E-state index in [-0.39, 0.29) is 0 Å². The summed E-state index contributed by atoms with van der Waals surface area (Å²) >= 11 is 0. The third-order valence-electron chi connectivity index (χ3n) is 4.38. The van der Waals surface area contributed by atoms with Gasteiger partial charge in [-0.3, -0.25) is 24.0 Å². The molecule has 0 radical (unpaired) electrons. The molecule has 1 unspecified atom stereocenters. The average Bonchev–Trinajstić information content (AvgIpc) is 2.52. The molecule has 0 aromatic heterocycles. The first-order valence-corrected chi connectivity index (χ1v) is 7.84. The smallest absolute Gasteiger partial charge is 0.303 e. The highest BCUT2D eigenvalue weighted by atomic mass is 16.7. The molecule has 0 bridgehead atoms. The van der Waals surface area contributed by atoms with Crippen molar-refractivity contribution < 1.29 is 53.5 Å². The second-order valence-electron chi connectivity index (χ2n) is 6.28. The summed E-state index contributed by atoms with van der Waals surface area (Å²) < 4.78 is 14.7. The van der Waals surface area contributed by atoms with Gasteiger partial charge in [-0.15, -0.1) is 0 Å². The van der Waals surface area contributed by atoms with Gasteiger partial charge in [0.15, 0.2) is 23.5 Å². The number of aliphatic hydroxyl groups is 3. The molecule has 0 saturated carbocycles. The van der Waals surface area contributed by atoms with Crippen LogP contribution in [0.5, 0.6) is 0 Å². The van der Waals surface area contributed by atoms with E-state index < -0.39 is 65.1 Å². The van der Waals surface area contributed by atoms with Gasteiger partial charge < -0.3 is 29.5 Å². The zero-order valence-electron chi connectivity index (χ0n) is 15.5. The van der Waals surface area contributed by atoms with Crippen LogP contribution in [-0.4, -0.2) is 80.4 Å². The van der Waals surface area contributed by atoms with E-state index in [1.54, 1.807) is 0 Å². The van der Waals surface area contributed by atoms with Gasteiger partial charge in [0.25, 0.3) is 5.79 Å². The van der Waals surface area contributed by atoms with Crippen LogP contribution in [0.2, 0.25) is 0 Å². The van der Waals surface area contributed by atoms with E-state index in [9.17, 15) is 39.3 Å². The molecule has 0 aliphatic carbocycles. The minimum atomic E-state index is -3.51. The van der Waals surface area contributed by atoms with Gasteiger partial charge in [-0.05, 0) is 13.8 Å². The summed E-state index contributed by atoms with van der Waals surface area (Å²) in [7, 11) is 0. The molecule has 1 heterocycles. The number of esters is 2. The summed E-state index contributed by atoms with van der Waals surface area (Å²) in [4.78, 5) is 59.1. The lowest BCUT2D eigenvalue weighted by Crippen LogP contribution is -2.85. The third kappa shape index (κ3) is 3.38. The van der Waals surface area contributed by atoms with Gasteiger partial charge in [0.2, 0.25) is 11.2 Å². The Morgan fingerprint density at radius 1 is 0.852 bits per heavy atom. The standard InChI is InChI=1S/C16H22O11/c1-7(17)14(22)13(26-11(5)21)12(6-25-10(4)20)27-16(24,9(3)19)15(14,23)8(2)18/h12-13,22-24H,6H2,1-5H3/t12-,13-,14+,15+,16?/m1/s1. The number of ether oxygens (including phenoxy) is 3. The molecular weight excluding hydrogens is 368 g/mol. The molecular formula is C16H22O11. The topological polar surface area (TPSA) is 174 Å². The average molecular weight is 390 g/mol. The Morgan fingerprint density at radius 2 is 1.37 bits per heavy atom. The molecule has 1 aliphatic heterocycles. The molecule has 1 saturated heterocycles. The lowest BCUT2D eigenvalue weighted by molar-refractivity contribution is -0.375. The van der Waals surface area contributed by atoms with Crippen molar-refractivity contribution in [1.82, 2.24) is 0 Å². The summed E-state index contributed by atoms with van der Waals surface area (Å²) in [6, 6.07) is 0. The number of ketones is 3. The first-order chi connectivity index (χ1) is 12.2. The highest BCUT2D eigenvalue weighted by molar-refractivity contribution is 6.04. The molecule has 5 atom stereocenters. The number of hydrogen-bond acceptors (Lipinski definition) is 11. The molecule has 1 fully saturated rings. The maximum atomic E-state index is 12.3. The van der Waals surface area contributed by atoms with Crippen LogP contribution in [-0.2, 0) is 38.2 Å². The van der Waals surface area contributed by atoms with Crippen molar-refractivity contribution in [3.63, 3.8) is 0 Å². The highest BCUT2D eigenvalue weighted by Gasteiger charge is 2.78. The van der Waals surface area contributed by atoms with Crippen LogP contribution in [0.4, 0.5) is 0 Å². The fraction of sp³-hybridized carbons (Fsp3) is 0.688. The normalized spacial score (nSPS) is 35.9. The predicted molar refractivity (Wildman–Crippen MR) is 84.0 cm³/mol. The van der Waals surface area contributed by atoms with Crippen molar-refractivity contribution in [3.05, 3.63) is 0 Å². The fourth-order valence-electron chi connectivity index (χ4n) is 3.06. The van der Waals surface area contributed by atoms with Crippen molar-refractivity contribution in [3.8, 4) is 0 Å². The number of Topliss-reactive ketones (excluding diaryl/α,β-unsaturated/α-hetero) is 3. The van der Waals surface area contributed by atoms with E-state index in [0.29, 0.717) is 6.92 Å². The molecule has 1 aliphatic rings. The van der Waals surface area contributed by atoms with E-state index in [1.165, 1.54) is 0 Å². The first kappa shape index (κ1) is 22.8. The SMILES string of the molecule is CC(=O)OC[C@H]1OC(O)(C(C)=O)[C@](O)(C(C)=O)[C@](O)(C(C)=O)[C@@H]1OC(C)=O. The molecule has 1 rings (SSSR count). The van der Waals surface area contributed by atoms with Crippen LogP contribution in [0, 0.1) is 0 Å². The van der Waals surface area contributed by atoms with Crippen LogP contribution >= 0.6 is 0 Å². The number of carbonyl (C=O) groups excluding carboxylic acids is 5. The fourth-order valence-corrected chi connectivity index (χ4v) is 3.06. The third-order valence-corrected chi connectivity index (χ3v) is 4.38. The maximum Gasteiger partial charge on any atom is 0.303 e. The van der Waals surface area contributed by atoms with E-state index >= 15 is 0 Å². The van der Waals surface area contributed by atoms with Gasteiger partial charge in [0.1, 0.15) is 12.7 Å². The first-order valence-electron chi connectivity index (χ1n) is 7.84. The lowest BCUT2D eigenvalue weighted by Gasteiger charge is -2.56. The Balaban J connectivity index is 3.77. The Hall–Kier alpha value is -2.21. The van der Waals surface area contributed by atoms with E-state index in [1.807, 2.05) is 0 Å². The molecule has 0 spiro atoms. The van der Waals surface area contributed by atoms with Crippen LogP contribution in [0.25, 0.3) is 0 Å². The minimum Gasteiger partial charge on any atom is -0.463 e. The Labute approximate surface area is 154 Å². The van der Waals surface area contributed by atoms with E-state index in [4.69, 9.17) is 14.2 Å². The second kappa shape index (κ2) is 7.43. The monoisotopic (exact) mass is 390 g/mol. The molecule has 27 heavy (non-hydrogen) atoms. The van der Waals surface area contributed by atoms with Gasteiger partial charge in [0.05, 0.1) is 0 Å². The van der Waals surface area contributed by atoms with Crippen molar-refractivity contribution in [2.24, 2.45) is 0 Å². The predicted octanol–water partition coefficient (Wildman–Crippen LogP) is -2.20. The Morgan fingerprint density at radius 3 is 1.70 bits per heavy atom. The van der Waals surface area contributed by atoms with Gasteiger partial charge in [-0.25, -0.2) is 0 Å². The van der Waals surface area contributed by atoms with Crippen LogP contribution < -0.4 is 0 Å². The molecule has 152 valence electrons. The van der Waals surface area contributed by atoms with Crippen molar-refractivity contribution >= 4 is 29.3 Å². The van der Waals surface area contributed by atoms with Gasteiger partial charge in [0, 0.05) is 20.8 Å². The maximum absolute atomic E-state index is 12.3. The van der Waals surface area contributed by atoms with Gasteiger partial charge in [-0.2, -0.15) is 0 Å². The minimum absolute atomic E-state index is 0.697. The molecule has 0 aromatic carbocycles. The number of rotatable bonds is 6. The van der Waals surface area contributed by atoms with Crippen molar-refractivity contribution in [1.29, 1.82) is 0 Å². The van der Waals surface area contributed by atoms with Crippen LogP contribution in [0.1, 0.15) is 34.6 Å². The zero-order valence-corrected chi connectivity index (χ0v) is 15.5. The summed E-state index contributed by atoms with van der Waals surface area (Å²) in [5.74, 6) is -9.29. The molecule has 0 amide bonds. The molecule has 0 aromatic rings. The van der Waals surface area contributed by atoms with Gasteiger partial charge >= 0.3 is 11.9 Å². The largest absolute Gasteiger partial charge is 0.463 e. The Bertz CT molecular complexity index is 686. The summed E-state index contributed by atoms with van der Waals surface area (Å²) in [6.45, 7) is 3.34. The molecule has 11 heteroatoms. The lowest BCUT2D eigenvalue weighted by atomic mass is 9.64. The van der Waals surface area contributed by atoms with Crippen molar-refractivity contribution in [2.45, 2.75) is 63.8 Å². The van der Waals surface area contributed by atoms with Gasteiger partial charge in [-0.1, -0.05) is 0 Å². The van der Waals surface area contributed by atoms with Crippen LogP contribution in [0.15, 0.2) is 0 Å². The van der Waals surface area contributed by atoms with Crippen molar-refractivity contribution in [2.75, 3.05) is 6.61 Å². The zero-order chi connectivity index (χ0) is 21.4. The quantitative estimate of drug-likeness (QED) is 0.420. The molecule has 3 N–H and O–H groups in total.